The minimum atomic E-state index is 0.272. The van der Waals surface area contributed by atoms with Gasteiger partial charge in [0.2, 0.25) is 0 Å². The van der Waals surface area contributed by atoms with Crippen LogP contribution >= 0.6 is 0 Å². The lowest BCUT2D eigenvalue weighted by Crippen LogP contribution is -2.39. The molecule has 0 saturated heterocycles. The van der Waals surface area contributed by atoms with Gasteiger partial charge >= 0.3 is 0 Å². The van der Waals surface area contributed by atoms with E-state index >= 15 is 0 Å². The van der Waals surface area contributed by atoms with Crippen LogP contribution in [0.4, 0.5) is 0 Å². The van der Waals surface area contributed by atoms with Crippen LogP contribution in [0.3, 0.4) is 0 Å². The quantitative estimate of drug-likeness (QED) is 0.576. The lowest BCUT2D eigenvalue weighted by Gasteiger charge is -2.26. The highest BCUT2D eigenvalue weighted by molar-refractivity contribution is 4.65. The first-order valence-corrected chi connectivity index (χ1v) is 4.31. The highest BCUT2D eigenvalue weighted by atomic mass is 16.3. The average Bonchev–Trinajstić information content (AvgIpc) is 2.05. The van der Waals surface area contributed by atoms with E-state index < -0.39 is 0 Å². The number of hydrogen-bond acceptors (Lipinski definition) is 3. The van der Waals surface area contributed by atoms with E-state index in [-0.39, 0.29) is 6.61 Å². The smallest absolute Gasteiger partial charge is 0.0443 e. The molecule has 0 aromatic rings. The molecule has 0 rings (SSSR count). The summed E-state index contributed by atoms with van der Waals surface area (Å²) < 4.78 is 0. The molecule has 3 nitrogen and oxygen atoms in total. The number of nitrogens with two attached hydrogens (primary N) is 1. The third-order valence-corrected chi connectivity index (χ3v) is 1.97. The van der Waals surface area contributed by atoms with Gasteiger partial charge in [-0.25, -0.2) is 0 Å². The fourth-order valence-corrected chi connectivity index (χ4v) is 1.11. The first-order chi connectivity index (χ1) is 5.26. The third kappa shape index (κ3) is 4.35. The Hall–Kier alpha value is -0.120. The number of aliphatic hydroxyl groups is 1. The Labute approximate surface area is 69.2 Å². The molecule has 68 valence electrons. The highest BCUT2D eigenvalue weighted by Gasteiger charge is 2.08. The summed E-state index contributed by atoms with van der Waals surface area (Å²) in [5.41, 5.74) is 5.52. The van der Waals surface area contributed by atoms with Crippen LogP contribution in [0, 0.1) is 0 Å². The summed E-state index contributed by atoms with van der Waals surface area (Å²) in [5, 5.41) is 8.61. The maximum absolute atomic E-state index is 8.61. The van der Waals surface area contributed by atoms with Gasteiger partial charge in [-0.3, -0.25) is 4.90 Å². The van der Waals surface area contributed by atoms with Gasteiger partial charge in [-0.15, -0.1) is 0 Å². The Balaban J connectivity index is 3.56. The first kappa shape index (κ1) is 10.9. The van der Waals surface area contributed by atoms with Gasteiger partial charge < -0.3 is 10.8 Å². The molecule has 0 heterocycles. The lowest BCUT2D eigenvalue weighted by molar-refractivity contribution is 0.194. The van der Waals surface area contributed by atoms with Crippen LogP contribution in [0.2, 0.25) is 0 Å². The first-order valence-electron chi connectivity index (χ1n) is 4.31. The number of aliphatic hydroxyl groups excluding tert-OH is 1. The molecule has 0 aromatic carbocycles. The van der Waals surface area contributed by atoms with Crippen molar-refractivity contribution in [2.24, 2.45) is 5.73 Å². The van der Waals surface area contributed by atoms with Crippen molar-refractivity contribution < 1.29 is 5.11 Å². The Morgan fingerprint density at radius 1 is 1.55 bits per heavy atom. The molecule has 0 aliphatic rings. The van der Waals surface area contributed by atoms with Gasteiger partial charge in [0.25, 0.3) is 0 Å². The minimum absolute atomic E-state index is 0.272. The Kier molecular flexibility index (Phi) is 6.51. The number of hydrogen-bond donors (Lipinski definition) is 2. The zero-order chi connectivity index (χ0) is 8.69. The van der Waals surface area contributed by atoms with Crippen LogP contribution < -0.4 is 5.73 Å². The summed E-state index contributed by atoms with van der Waals surface area (Å²) >= 11 is 0. The van der Waals surface area contributed by atoms with Gasteiger partial charge in [-0.2, -0.15) is 0 Å². The molecule has 11 heavy (non-hydrogen) atoms. The Morgan fingerprint density at radius 2 is 2.18 bits per heavy atom. The summed E-state index contributed by atoms with van der Waals surface area (Å²) in [7, 11) is 0. The molecule has 0 bridgehead atoms. The second-order valence-corrected chi connectivity index (χ2v) is 2.79. The normalized spacial score (nSPS) is 13.9. The highest BCUT2D eigenvalue weighted by Crippen LogP contribution is 1.97. The van der Waals surface area contributed by atoms with E-state index in [0.29, 0.717) is 12.6 Å². The van der Waals surface area contributed by atoms with Crippen molar-refractivity contribution in [3.05, 3.63) is 0 Å². The summed E-state index contributed by atoms with van der Waals surface area (Å²) in [4.78, 5) is 2.27. The van der Waals surface area contributed by atoms with Gasteiger partial charge in [0.15, 0.2) is 0 Å². The number of likely N-dealkylation sites (N-methyl/N-ethyl adjacent to an activating group) is 1. The predicted octanol–water partition coefficient (Wildman–Crippen LogP) is 0.0379. The summed E-state index contributed by atoms with van der Waals surface area (Å²) in [6, 6.07) is 0.437. The molecule has 0 spiro atoms. The molecule has 3 heteroatoms. The van der Waals surface area contributed by atoms with E-state index in [9.17, 15) is 0 Å². The lowest BCUT2D eigenvalue weighted by atomic mass is 10.2. The molecule has 1 atom stereocenters. The van der Waals surface area contributed by atoms with E-state index in [1.165, 1.54) is 0 Å². The van der Waals surface area contributed by atoms with Gasteiger partial charge in [-0.1, -0.05) is 6.92 Å². The molecule has 1 unspecified atom stereocenters. The van der Waals surface area contributed by atoms with Crippen molar-refractivity contribution in [2.45, 2.75) is 26.3 Å². The van der Waals surface area contributed by atoms with Crippen molar-refractivity contribution in [1.82, 2.24) is 4.90 Å². The Morgan fingerprint density at radius 3 is 2.55 bits per heavy atom. The van der Waals surface area contributed by atoms with Crippen LogP contribution in [0.1, 0.15) is 20.3 Å². The largest absolute Gasteiger partial charge is 0.396 e. The molecule has 0 aromatic heterocycles. The molecule has 0 radical (unpaired) electrons. The van der Waals surface area contributed by atoms with E-state index in [2.05, 4.69) is 18.7 Å². The van der Waals surface area contributed by atoms with E-state index in [4.69, 9.17) is 10.8 Å². The van der Waals surface area contributed by atoms with Gasteiger partial charge in [0.05, 0.1) is 0 Å². The Bertz CT molecular complexity index is 88.2. The molecule has 0 aliphatic heterocycles. The van der Waals surface area contributed by atoms with Crippen LogP contribution in [-0.2, 0) is 0 Å². The predicted molar refractivity (Wildman–Crippen MR) is 47.5 cm³/mol. The maximum atomic E-state index is 8.61. The molecular formula is C8H20N2O. The molecule has 0 saturated carbocycles. The summed E-state index contributed by atoms with van der Waals surface area (Å²) in [6.45, 7) is 7.15. The molecule has 0 fully saturated rings. The molecule has 0 amide bonds. The average molecular weight is 160 g/mol. The van der Waals surface area contributed by atoms with E-state index in [0.717, 1.165) is 19.5 Å². The van der Waals surface area contributed by atoms with Gasteiger partial charge in [0.1, 0.15) is 0 Å². The topological polar surface area (TPSA) is 49.5 Å². The fraction of sp³-hybridized carbons (Fsp3) is 1.00. The van der Waals surface area contributed by atoms with Crippen molar-refractivity contribution in [3.63, 3.8) is 0 Å². The van der Waals surface area contributed by atoms with Crippen LogP contribution in [0.5, 0.6) is 0 Å². The molecule has 0 aliphatic carbocycles. The second kappa shape index (κ2) is 6.58. The minimum Gasteiger partial charge on any atom is -0.396 e. The monoisotopic (exact) mass is 160 g/mol. The van der Waals surface area contributed by atoms with Crippen LogP contribution in [0.15, 0.2) is 0 Å². The zero-order valence-corrected chi connectivity index (χ0v) is 7.58. The standard InChI is InChI=1S/C8H20N2O/c1-3-10(5-4-6-11)8(2)7-9/h8,11H,3-7,9H2,1-2H3. The zero-order valence-electron chi connectivity index (χ0n) is 7.58. The second-order valence-electron chi connectivity index (χ2n) is 2.79. The third-order valence-electron chi connectivity index (χ3n) is 1.97. The molecule has 3 N–H and O–H groups in total. The van der Waals surface area contributed by atoms with Crippen molar-refractivity contribution >= 4 is 0 Å². The van der Waals surface area contributed by atoms with Gasteiger partial charge in [-0.05, 0) is 19.9 Å². The van der Waals surface area contributed by atoms with Crippen molar-refractivity contribution in [2.75, 3.05) is 26.2 Å². The van der Waals surface area contributed by atoms with Crippen molar-refractivity contribution in [1.29, 1.82) is 0 Å². The SMILES string of the molecule is CCN(CCCO)C(C)CN. The maximum Gasteiger partial charge on any atom is 0.0443 e. The van der Waals surface area contributed by atoms with Gasteiger partial charge in [0, 0.05) is 25.7 Å². The summed E-state index contributed by atoms with van der Waals surface area (Å²) in [6.07, 6.45) is 0.845. The van der Waals surface area contributed by atoms with E-state index in [1.54, 1.807) is 0 Å². The fourth-order valence-electron chi connectivity index (χ4n) is 1.11. The summed E-state index contributed by atoms with van der Waals surface area (Å²) in [5.74, 6) is 0. The van der Waals surface area contributed by atoms with E-state index in [1.807, 2.05) is 0 Å². The van der Waals surface area contributed by atoms with Crippen LogP contribution in [-0.4, -0.2) is 42.3 Å². The number of nitrogens with zero attached hydrogens (tertiary/aromatic N) is 1. The van der Waals surface area contributed by atoms with Crippen LogP contribution in [0.25, 0.3) is 0 Å². The number of rotatable bonds is 6. The molecular weight excluding hydrogens is 140 g/mol. The van der Waals surface area contributed by atoms with Crippen molar-refractivity contribution in [3.8, 4) is 0 Å².